The smallest absolute Gasteiger partial charge is 0.251 e. The molecule has 1 amide bonds. The molecular formula is C22H24N4O. The van der Waals surface area contributed by atoms with Gasteiger partial charge in [-0.2, -0.15) is 0 Å². The van der Waals surface area contributed by atoms with Gasteiger partial charge in [-0.3, -0.25) is 4.79 Å². The number of hydrogen-bond acceptors (Lipinski definition) is 4. The van der Waals surface area contributed by atoms with Gasteiger partial charge in [0, 0.05) is 28.9 Å². The van der Waals surface area contributed by atoms with Gasteiger partial charge in [-0.1, -0.05) is 42.8 Å². The van der Waals surface area contributed by atoms with Crippen LogP contribution < -0.4 is 10.6 Å². The number of aromatic nitrogens is 2. The number of aryl methyl sites for hydroxylation is 1. The first-order valence-corrected chi connectivity index (χ1v) is 9.12. The van der Waals surface area contributed by atoms with Gasteiger partial charge in [0.15, 0.2) is 0 Å². The van der Waals surface area contributed by atoms with E-state index in [1.807, 2.05) is 50.2 Å². The second-order valence-electron chi connectivity index (χ2n) is 6.64. The molecule has 3 aromatic rings. The summed E-state index contributed by atoms with van der Waals surface area (Å²) >= 11 is 0. The standard InChI is InChI=1S/C22H24N4O/c1-4-16(3)25-22(27)18-6-5-7-19(12-18)26-21-13-20(23-14-24-21)17-10-8-15(2)9-11-17/h5-14,16H,4H2,1-3H3,(H,25,27)(H,23,24,26). The molecule has 2 N–H and O–H groups in total. The topological polar surface area (TPSA) is 66.9 Å². The number of hydrogen-bond donors (Lipinski definition) is 2. The first kappa shape index (κ1) is 18.6. The van der Waals surface area contributed by atoms with Crippen LogP contribution in [-0.2, 0) is 0 Å². The molecule has 27 heavy (non-hydrogen) atoms. The Balaban J connectivity index is 1.77. The molecule has 138 valence electrons. The van der Waals surface area contributed by atoms with Gasteiger partial charge >= 0.3 is 0 Å². The fraction of sp³-hybridized carbons (Fsp3) is 0.227. The predicted molar refractivity (Wildman–Crippen MR) is 109 cm³/mol. The number of carbonyl (C=O) groups excluding carboxylic acids is 1. The highest BCUT2D eigenvalue weighted by Gasteiger charge is 2.09. The maximum atomic E-state index is 12.3. The summed E-state index contributed by atoms with van der Waals surface area (Å²) in [6.07, 6.45) is 2.43. The lowest BCUT2D eigenvalue weighted by Gasteiger charge is -2.12. The van der Waals surface area contributed by atoms with Crippen molar-refractivity contribution in [1.29, 1.82) is 0 Å². The van der Waals surface area contributed by atoms with Gasteiger partial charge in [0.25, 0.3) is 5.91 Å². The van der Waals surface area contributed by atoms with Gasteiger partial charge in [0.05, 0.1) is 5.69 Å². The summed E-state index contributed by atoms with van der Waals surface area (Å²) < 4.78 is 0. The summed E-state index contributed by atoms with van der Waals surface area (Å²) in [5, 5.41) is 6.24. The summed E-state index contributed by atoms with van der Waals surface area (Å²) in [6.45, 7) is 6.10. The summed E-state index contributed by atoms with van der Waals surface area (Å²) in [6, 6.07) is 17.6. The van der Waals surface area contributed by atoms with Crippen LogP contribution in [0.4, 0.5) is 11.5 Å². The van der Waals surface area contributed by atoms with E-state index in [2.05, 4.69) is 39.7 Å². The molecule has 5 heteroatoms. The Hall–Kier alpha value is -3.21. The molecule has 1 heterocycles. The van der Waals surface area contributed by atoms with Gasteiger partial charge in [0.1, 0.15) is 12.1 Å². The summed E-state index contributed by atoms with van der Waals surface area (Å²) in [7, 11) is 0. The number of benzene rings is 2. The molecule has 0 aliphatic rings. The Labute approximate surface area is 159 Å². The normalized spacial score (nSPS) is 11.7. The lowest BCUT2D eigenvalue weighted by atomic mass is 10.1. The number of carbonyl (C=O) groups is 1. The van der Waals surface area contributed by atoms with E-state index in [1.165, 1.54) is 11.9 Å². The van der Waals surface area contributed by atoms with Crippen LogP contribution in [0.5, 0.6) is 0 Å². The number of amides is 1. The Kier molecular flexibility index (Phi) is 5.81. The van der Waals surface area contributed by atoms with Crippen LogP contribution in [0, 0.1) is 6.92 Å². The molecule has 1 aromatic heterocycles. The Morgan fingerprint density at radius 2 is 1.85 bits per heavy atom. The molecule has 0 fully saturated rings. The first-order chi connectivity index (χ1) is 13.0. The zero-order valence-electron chi connectivity index (χ0n) is 15.9. The van der Waals surface area contributed by atoms with Crippen LogP contribution in [-0.4, -0.2) is 21.9 Å². The summed E-state index contributed by atoms with van der Waals surface area (Å²) in [4.78, 5) is 21.0. The van der Waals surface area contributed by atoms with Gasteiger partial charge in [-0.05, 0) is 38.5 Å². The van der Waals surface area contributed by atoms with Crippen molar-refractivity contribution in [3.63, 3.8) is 0 Å². The first-order valence-electron chi connectivity index (χ1n) is 9.12. The average Bonchev–Trinajstić information content (AvgIpc) is 2.69. The van der Waals surface area contributed by atoms with Crippen LogP contribution in [0.3, 0.4) is 0 Å². The third kappa shape index (κ3) is 4.91. The highest BCUT2D eigenvalue weighted by molar-refractivity contribution is 5.95. The molecule has 0 spiro atoms. The van der Waals surface area contributed by atoms with Crippen molar-refractivity contribution in [2.75, 3.05) is 5.32 Å². The van der Waals surface area contributed by atoms with E-state index in [9.17, 15) is 4.79 Å². The monoisotopic (exact) mass is 360 g/mol. The SMILES string of the molecule is CCC(C)NC(=O)c1cccc(Nc2cc(-c3ccc(C)cc3)ncn2)c1. The van der Waals surface area contributed by atoms with Crippen molar-refractivity contribution < 1.29 is 4.79 Å². The largest absolute Gasteiger partial charge is 0.350 e. The van der Waals surface area contributed by atoms with E-state index >= 15 is 0 Å². The zero-order chi connectivity index (χ0) is 19.2. The van der Waals surface area contributed by atoms with Crippen LogP contribution >= 0.6 is 0 Å². The Morgan fingerprint density at radius 1 is 1.07 bits per heavy atom. The minimum atomic E-state index is -0.0731. The predicted octanol–water partition coefficient (Wildman–Crippen LogP) is 4.72. The minimum Gasteiger partial charge on any atom is -0.350 e. The fourth-order valence-electron chi connectivity index (χ4n) is 2.60. The van der Waals surface area contributed by atoms with Crippen molar-refractivity contribution in [1.82, 2.24) is 15.3 Å². The van der Waals surface area contributed by atoms with E-state index in [0.29, 0.717) is 11.4 Å². The van der Waals surface area contributed by atoms with Crippen LogP contribution in [0.15, 0.2) is 60.9 Å². The lowest BCUT2D eigenvalue weighted by Crippen LogP contribution is -2.31. The fourth-order valence-corrected chi connectivity index (χ4v) is 2.60. The number of anilines is 2. The van der Waals surface area contributed by atoms with E-state index in [1.54, 1.807) is 6.07 Å². The van der Waals surface area contributed by atoms with Crippen molar-refractivity contribution in [2.24, 2.45) is 0 Å². The Bertz CT molecular complexity index is 922. The van der Waals surface area contributed by atoms with E-state index < -0.39 is 0 Å². The number of nitrogens with one attached hydrogen (secondary N) is 2. The summed E-state index contributed by atoms with van der Waals surface area (Å²) in [5.41, 5.74) is 4.51. The quantitative estimate of drug-likeness (QED) is 0.667. The Morgan fingerprint density at radius 3 is 2.59 bits per heavy atom. The van der Waals surface area contributed by atoms with Crippen LogP contribution in [0.1, 0.15) is 36.2 Å². The second-order valence-corrected chi connectivity index (χ2v) is 6.64. The third-order valence-electron chi connectivity index (χ3n) is 4.40. The van der Waals surface area contributed by atoms with E-state index in [-0.39, 0.29) is 11.9 Å². The van der Waals surface area contributed by atoms with Gasteiger partial charge in [0.2, 0.25) is 0 Å². The highest BCUT2D eigenvalue weighted by Crippen LogP contribution is 2.22. The maximum absolute atomic E-state index is 12.3. The number of nitrogens with zero attached hydrogens (tertiary/aromatic N) is 2. The van der Waals surface area contributed by atoms with Gasteiger partial charge in [-0.15, -0.1) is 0 Å². The molecule has 1 atom stereocenters. The van der Waals surface area contributed by atoms with Gasteiger partial charge in [-0.25, -0.2) is 9.97 Å². The molecule has 0 radical (unpaired) electrons. The molecule has 5 nitrogen and oxygen atoms in total. The summed E-state index contributed by atoms with van der Waals surface area (Å²) in [5.74, 6) is 0.607. The average molecular weight is 360 g/mol. The molecule has 2 aromatic carbocycles. The molecule has 0 aliphatic carbocycles. The molecule has 0 aliphatic heterocycles. The molecule has 0 bridgehead atoms. The van der Waals surface area contributed by atoms with E-state index in [0.717, 1.165) is 23.4 Å². The zero-order valence-corrected chi connectivity index (χ0v) is 15.9. The number of rotatable bonds is 6. The molecule has 0 saturated heterocycles. The van der Waals surface area contributed by atoms with Crippen molar-refractivity contribution >= 4 is 17.4 Å². The third-order valence-corrected chi connectivity index (χ3v) is 4.40. The highest BCUT2D eigenvalue weighted by atomic mass is 16.1. The van der Waals surface area contributed by atoms with E-state index in [4.69, 9.17) is 0 Å². The minimum absolute atomic E-state index is 0.0731. The van der Waals surface area contributed by atoms with Crippen LogP contribution in [0.2, 0.25) is 0 Å². The lowest BCUT2D eigenvalue weighted by molar-refractivity contribution is 0.0939. The maximum Gasteiger partial charge on any atom is 0.251 e. The van der Waals surface area contributed by atoms with Crippen molar-refractivity contribution in [2.45, 2.75) is 33.2 Å². The van der Waals surface area contributed by atoms with Crippen LogP contribution in [0.25, 0.3) is 11.3 Å². The molecule has 0 saturated carbocycles. The molecule has 3 rings (SSSR count). The van der Waals surface area contributed by atoms with Crippen molar-refractivity contribution in [3.8, 4) is 11.3 Å². The van der Waals surface area contributed by atoms with Gasteiger partial charge < -0.3 is 10.6 Å². The molecular weight excluding hydrogens is 336 g/mol. The van der Waals surface area contributed by atoms with Crippen molar-refractivity contribution in [3.05, 3.63) is 72.1 Å². The second kappa shape index (κ2) is 8.45. The molecule has 1 unspecified atom stereocenters.